The van der Waals surface area contributed by atoms with Gasteiger partial charge in [-0.25, -0.2) is 9.78 Å². The van der Waals surface area contributed by atoms with Gasteiger partial charge in [0.05, 0.1) is 5.56 Å². The monoisotopic (exact) mass is 285 g/mol. The van der Waals surface area contributed by atoms with Crippen LogP contribution >= 0.6 is 11.3 Å². The Morgan fingerprint density at radius 2 is 2.15 bits per heavy atom. The Balaban J connectivity index is 1.98. The summed E-state index contributed by atoms with van der Waals surface area (Å²) in [5, 5.41) is 11.7. The lowest BCUT2D eigenvalue weighted by molar-refractivity contribution is 0.0697. The molecule has 0 fully saturated rings. The number of carboxylic acids is 1. The highest BCUT2D eigenvalue weighted by atomic mass is 32.1. The molecule has 1 aromatic carbocycles. The highest BCUT2D eigenvalue weighted by molar-refractivity contribution is 7.13. The zero-order valence-corrected chi connectivity index (χ0v) is 11.5. The van der Waals surface area contributed by atoms with E-state index in [0.29, 0.717) is 0 Å². The summed E-state index contributed by atoms with van der Waals surface area (Å²) in [6, 6.07) is 10.5. The Hall–Kier alpha value is -2.40. The normalized spacial score (nSPS) is 10.7. The molecule has 20 heavy (non-hydrogen) atoms. The summed E-state index contributed by atoms with van der Waals surface area (Å²) in [5.41, 5.74) is 1.82. The zero-order chi connectivity index (χ0) is 14.1. The lowest BCUT2D eigenvalue weighted by Gasteiger charge is -1.98. The second-order valence-corrected chi connectivity index (χ2v) is 5.19. The number of furan rings is 1. The van der Waals surface area contributed by atoms with Crippen molar-refractivity contribution in [3.63, 3.8) is 0 Å². The maximum absolute atomic E-state index is 11.0. The van der Waals surface area contributed by atoms with Gasteiger partial charge < -0.3 is 9.52 Å². The van der Waals surface area contributed by atoms with Gasteiger partial charge in [0.2, 0.25) is 0 Å². The van der Waals surface area contributed by atoms with E-state index < -0.39 is 5.97 Å². The van der Waals surface area contributed by atoms with Crippen LogP contribution in [0.5, 0.6) is 0 Å². The maximum atomic E-state index is 11.0. The second-order valence-electron chi connectivity index (χ2n) is 4.33. The van der Waals surface area contributed by atoms with Gasteiger partial charge in [0.25, 0.3) is 0 Å². The fraction of sp³-hybridized carbons (Fsp3) is 0.0667. The summed E-state index contributed by atoms with van der Waals surface area (Å²) in [7, 11) is 0. The summed E-state index contributed by atoms with van der Waals surface area (Å²) in [6.45, 7) is 1.88. The number of aromatic carboxylic acids is 1. The molecule has 0 aliphatic heterocycles. The van der Waals surface area contributed by atoms with Crippen LogP contribution in [0.15, 0.2) is 46.2 Å². The van der Waals surface area contributed by atoms with Crippen molar-refractivity contribution < 1.29 is 14.3 Å². The van der Waals surface area contributed by atoms with Gasteiger partial charge in [0.15, 0.2) is 5.76 Å². The van der Waals surface area contributed by atoms with Crippen LogP contribution < -0.4 is 0 Å². The average Bonchev–Trinajstić information content (AvgIpc) is 3.07. The standard InChI is InChI=1S/C15H11NO3S/c1-9-5-6-13(19-9)12-8-20-14(16-12)10-3-2-4-11(7-10)15(17)18/h2-8H,1H3,(H,17,18). The van der Waals surface area contributed by atoms with Crippen LogP contribution in [0, 0.1) is 6.92 Å². The highest BCUT2D eigenvalue weighted by Crippen LogP contribution is 2.30. The molecule has 0 saturated carbocycles. The van der Waals surface area contributed by atoms with E-state index in [2.05, 4.69) is 4.98 Å². The van der Waals surface area contributed by atoms with Gasteiger partial charge in [-0.1, -0.05) is 12.1 Å². The minimum absolute atomic E-state index is 0.257. The number of carboxylic acid groups (broad SMARTS) is 1. The molecule has 0 aliphatic carbocycles. The Labute approximate surface area is 119 Å². The molecule has 0 bridgehead atoms. The van der Waals surface area contributed by atoms with Crippen molar-refractivity contribution in [3.05, 3.63) is 53.1 Å². The number of hydrogen-bond donors (Lipinski definition) is 1. The summed E-state index contributed by atoms with van der Waals surface area (Å²) < 4.78 is 5.53. The molecule has 0 unspecified atom stereocenters. The SMILES string of the molecule is Cc1ccc(-c2csc(-c3cccc(C(=O)O)c3)n2)o1. The third-order valence-electron chi connectivity index (χ3n) is 2.85. The Morgan fingerprint density at radius 1 is 1.30 bits per heavy atom. The van der Waals surface area contributed by atoms with Crippen LogP contribution in [0.1, 0.15) is 16.1 Å². The van der Waals surface area contributed by atoms with Gasteiger partial charge in [-0.3, -0.25) is 0 Å². The quantitative estimate of drug-likeness (QED) is 0.787. The molecule has 0 amide bonds. The number of carbonyl (C=O) groups is 1. The van der Waals surface area contributed by atoms with E-state index >= 15 is 0 Å². The molecular formula is C15H11NO3S. The molecule has 5 heteroatoms. The molecule has 0 radical (unpaired) electrons. The molecule has 0 spiro atoms. The number of aryl methyl sites for hydroxylation is 1. The summed E-state index contributed by atoms with van der Waals surface area (Å²) in [6.07, 6.45) is 0. The minimum Gasteiger partial charge on any atom is -0.478 e. The van der Waals surface area contributed by atoms with Crippen molar-refractivity contribution in [3.8, 4) is 22.0 Å². The highest BCUT2D eigenvalue weighted by Gasteiger charge is 2.11. The summed E-state index contributed by atoms with van der Waals surface area (Å²) in [5.74, 6) is 0.618. The van der Waals surface area contributed by atoms with E-state index in [1.54, 1.807) is 18.2 Å². The van der Waals surface area contributed by atoms with Gasteiger partial charge in [-0.2, -0.15) is 0 Å². The third kappa shape index (κ3) is 2.35. The van der Waals surface area contributed by atoms with Crippen molar-refractivity contribution in [1.82, 2.24) is 4.98 Å². The van der Waals surface area contributed by atoms with Crippen LogP contribution in [0.25, 0.3) is 22.0 Å². The molecular weight excluding hydrogens is 274 g/mol. The first-order chi connectivity index (χ1) is 9.63. The lowest BCUT2D eigenvalue weighted by Crippen LogP contribution is -1.95. The van der Waals surface area contributed by atoms with E-state index in [9.17, 15) is 4.79 Å². The number of thiazole rings is 1. The van der Waals surface area contributed by atoms with Gasteiger partial charge in [-0.05, 0) is 31.2 Å². The molecule has 3 aromatic rings. The molecule has 1 N–H and O–H groups in total. The number of hydrogen-bond acceptors (Lipinski definition) is 4. The fourth-order valence-corrected chi connectivity index (χ4v) is 2.68. The first-order valence-electron chi connectivity index (χ1n) is 5.99. The smallest absolute Gasteiger partial charge is 0.335 e. The van der Waals surface area contributed by atoms with E-state index in [0.717, 1.165) is 27.8 Å². The van der Waals surface area contributed by atoms with Crippen molar-refractivity contribution in [2.24, 2.45) is 0 Å². The van der Waals surface area contributed by atoms with Crippen LogP contribution in [0.4, 0.5) is 0 Å². The lowest BCUT2D eigenvalue weighted by atomic mass is 10.1. The maximum Gasteiger partial charge on any atom is 0.335 e. The van der Waals surface area contributed by atoms with Crippen molar-refractivity contribution in [2.45, 2.75) is 6.92 Å². The molecule has 2 aromatic heterocycles. The molecule has 2 heterocycles. The Bertz CT molecular complexity index is 773. The van der Waals surface area contributed by atoms with Crippen molar-refractivity contribution in [1.29, 1.82) is 0 Å². The first kappa shape index (κ1) is 12.6. The summed E-state index contributed by atoms with van der Waals surface area (Å²) in [4.78, 5) is 15.5. The first-order valence-corrected chi connectivity index (χ1v) is 6.87. The van der Waals surface area contributed by atoms with E-state index in [-0.39, 0.29) is 5.56 Å². The Morgan fingerprint density at radius 3 is 2.85 bits per heavy atom. The molecule has 3 rings (SSSR count). The Kier molecular flexibility index (Phi) is 3.12. The summed E-state index contributed by atoms with van der Waals surface area (Å²) >= 11 is 1.46. The third-order valence-corrected chi connectivity index (χ3v) is 3.74. The number of aromatic nitrogens is 1. The molecule has 0 aliphatic rings. The molecule has 0 saturated heterocycles. The van der Waals surface area contributed by atoms with E-state index in [1.807, 2.05) is 30.5 Å². The second kappa shape index (κ2) is 4.94. The average molecular weight is 285 g/mol. The van der Waals surface area contributed by atoms with Gasteiger partial charge in [0, 0.05) is 10.9 Å². The van der Waals surface area contributed by atoms with Gasteiger partial charge in [0.1, 0.15) is 16.5 Å². The van der Waals surface area contributed by atoms with Gasteiger partial charge in [-0.15, -0.1) is 11.3 Å². The van der Waals surface area contributed by atoms with E-state index in [4.69, 9.17) is 9.52 Å². The molecule has 4 nitrogen and oxygen atoms in total. The van der Waals surface area contributed by atoms with Crippen LogP contribution in [-0.4, -0.2) is 16.1 Å². The van der Waals surface area contributed by atoms with Gasteiger partial charge >= 0.3 is 5.97 Å². The number of nitrogens with zero attached hydrogens (tertiary/aromatic N) is 1. The number of benzene rings is 1. The topological polar surface area (TPSA) is 63.3 Å². The van der Waals surface area contributed by atoms with Crippen LogP contribution in [-0.2, 0) is 0 Å². The van der Waals surface area contributed by atoms with E-state index in [1.165, 1.54) is 11.3 Å². The largest absolute Gasteiger partial charge is 0.478 e. The fourth-order valence-electron chi connectivity index (χ4n) is 1.88. The van der Waals surface area contributed by atoms with Crippen LogP contribution in [0.3, 0.4) is 0 Å². The minimum atomic E-state index is -0.940. The molecule has 0 atom stereocenters. The van der Waals surface area contributed by atoms with Crippen molar-refractivity contribution >= 4 is 17.3 Å². The number of rotatable bonds is 3. The zero-order valence-electron chi connectivity index (χ0n) is 10.7. The predicted octanol–water partition coefficient (Wildman–Crippen LogP) is 4.08. The van der Waals surface area contributed by atoms with Crippen LogP contribution in [0.2, 0.25) is 0 Å². The molecule has 100 valence electrons. The predicted molar refractivity (Wildman–Crippen MR) is 76.9 cm³/mol. The van der Waals surface area contributed by atoms with Crippen molar-refractivity contribution in [2.75, 3.05) is 0 Å².